The topological polar surface area (TPSA) is 121 Å². The number of carbonyl (C=O) groups is 1. The largest absolute Gasteiger partial charge is 0.490 e. The van der Waals surface area contributed by atoms with Crippen molar-refractivity contribution in [2.75, 3.05) is 0 Å². The quantitative estimate of drug-likeness (QED) is 0.572. The third-order valence-corrected chi connectivity index (χ3v) is 5.47. The molecule has 164 valence electrons. The smallest absolute Gasteiger partial charge is 0.320 e. The van der Waals surface area contributed by atoms with Crippen molar-refractivity contribution in [1.82, 2.24) is 15.5 Å². The molecule has 1 aliphatic rings. The molecule has 32 heavy (non-hydrogen) atoms. The van der Waals surface area contributed by atoms with Crippen LogP contribution in [0.5, 0.6) is 5.75 Å². The van der Waals surface area contributed by atoms with Crippen LogP contribution in [0.4, 0.5) is 0 Å². The lowest BCUT2D eigenvalue weighted by molar-refractivity contribution is -0.139. The molecule has 0 spiro atoms. The normalized spacial score (nSPS) is 15.9. The van der Waals surface area contributed by atoms with Crippen LogP contribution in [-0.4, -0.2) is 33.4 Å². The van der Waals surface area contributed by atoms with Crippen molar-refractivity contribution < 1.29 is 19.2 Å². The highest BCUT2D eigenvalue weighted by Crippen LogP contribution is 2.37. The molecule has 0 aliphatic heterocycles. The van der Waals surface area contributed by atoms with Gasteiger partial charge < -0.3 is 14.4 Å². The molecule has 4 rings (SSSR count). The predicted octanol–water partition coefficient (Wildman–Crippen LogP) is 4.11. The summed E-state index contributed by atoms with van der Waals surface area (Å²) in [5, 5.41) is 26.0. The maximum absolute atomic E-state index is 11.2. The van der Waals surface area contributed by atoms with Crippen LogP contribution >= 0.6 is 0 Å². The van der Waals surface area contributed by atoms with Crippen LogP contribution < -0.4 is 10.1 Å². The zero-order valence-electron chi connectivity index (χ0n) is 18.1. The molecule has 8 nitrogen and oxygen atoms in total. The van der Waals surface area contributed by atoms with Gasteiger partial charge in [-0.15, -0.1) is 0 Å². The summed E-state index contributed by atoms with van der Waals surface area (Å²) in [6.45, 7) is 5.45. The van der Waals surface area contributed by atoms with Crippen molar-refractivity contribution in [2.24, 2.45) is 0 Å². The van der Waals surface area contributed by atoms with Crippen LogP contribution in [0.3, 0.4) is 0 Å². The molecule has 3 aromatic rings. The number of hydrogen-bond acceptors (Lipinski definition) is 7. The Labute approximate surface area is 185 Å². The van der Waals surface area contributed by atoms with E-state index in [9.17, 15) is 15.2 Å². The Bertz CT molecular complexity index is 1190. The van der Waals surface area contributed by atoms with Crippen molar-refractivity contribution in [3.63, 3.8) is 0 Å². The molecule has 1 heterocycles. The lowest BCUT2D eigenvalue weighted by Crippen LogP contribution is -2.35. The number of carboxylic acid groups (broad SMARTS) is 1. The van der Waals surface area contributed by atoms with Gasteiger partial charge in [0.2, 0.25) is 5.82 Å². The minimum Gasteiger partial charge on any atom is -0.490 e. The van der Waals surface area contributed by atoms with Crippen molar-refractivity contribution in [3.05, 3.63) is 53.1 Å². The van der Waals surface area contributed by atoms with Crippen molar-refractivity contribution in [3.8, 4) is 34.7 Å². The average molecular weight is 432 g/mol. The van der Waals surface area contributed by atoms with E-state index in [2.05, 4.69) is 21.5 Å². The summed E-state index contributed by atoms with van der Waals surface area (Å²) in [6.07, 6.45) is 1.55. The van der Waals surface area contributed by atoms with E-state index in [1.807, 2.05) is 32.0 Å². The van der Waals surface area contributed by atoms with Crippen molar-refractivity contribution in [2.45, 2.75) is 51.8 Å². The summed E-state index contributed by atoms with van der Waals surface area (Å²) in [5.74, 6) is 0.419. The molecule has 1 unspecified atom stereocenters. The molecule has 0 fully saturated rings. The van der Waals surface area contributed by atoms with Crippen LogP contribution in [0.2, 0.25) is 0 Å². The number of nitriles is 1. The van der Waals surface area contributed by atoms with Gasteiger partial charge in [-0.2, -0.15) is 10.2 Å². The Balaban J connectivity index is 1.62. The summed E-state index contributed by atoms with van der Waals surface area (Å²) >= 11 is 0. The Hall–Kier alpha value is -3.70. The van der Waals surface area contributed by atoms with E-state index >= 15 is 0 Å². The predicted molar refractivity (Wildman–Crippen MR) is 117 cm³/mol. The fourth-order valence-electron chi connectivity index (χ4n) is 3.97. The molecule has 0 saturated carbocycles. The number of rotatable bonds is 7. The zero-order chi connectivity index (χ0) is 22.8. The molecule has 0 bridgehead atoms. The fraction of sp³-hybridized carbons (Fsp3) is 0.333. The monoisotopic (exact) mass is 432 g/mol. The van der Waals surface area contributed by atoms with E-state index in [0.29, 0.717) is 28.6 Å². The van der Waals surface area contributed by atoms with E-state index in [1.165, 1.54) is 0 Å². The number of carboxylic acids is 1. The van der Waals surface area contributed by atoms with Crippen molar-refractivity contribution >= 4 is 5.97 Å². The van der Waals surface area contributed by atoms with Gasteiger partial charge >= 0.3 is 5.97 Å². The molecule has 2 aromatic carbocycles. The van der Waals surface area contributed by atoms with Crippen LogP contribution in [0.25, 0.3) is 22.8 Å². The molecule has 2 N–H and O–H groups in total. The van der Waals surface area contributed by atoms with E-state index in [1.54, 1.807) is 25.1 Å². The maximum Gasteiger partial charge on any atom is 0.320 e. The number of ether oxygens (including phenoxy) is 1. The van der Waals surface area contributed by atoms with Crippen molar-refractivity contribution in [1.29, 1.82) is 5.26 Å². The first-order valence-electron chi connectivity index (χ1n) is 10.5. The first-order valence-corrected chi connectivity index (χ1v) is 10.5. The molecule has 0 amide bonds. The number of nitrogens with zero attached hydrogens (tertiary/aromatic N) is 3. The van der Waals surface area contributed by atoms with Gasteiger partial charge in [-0.3, -0.25) is 10.1 Å². The second-order valence-electron chi connectivity index (χ2n) is 8.10. The van der Waals surface area contributed by atoms with Crippen LogP contribution in [-0.2, 0) is 11.2 Å². The maximum atomic E-state index is 11.2. The molecule has 2 atom stereocenters. The Morgan fingerprint density at radius 1 is 1.31 bits per heavy atom. The van der Waals surface area contributed by atoms with E-state index in [-0.39, 0.29) is 12.1 Å². The number of aliphatic carboxylic acids is 1. The molecule has 1 aliphatic carbocycles. The summed E-state index contributed by atoms with van der Waals surface area (Å²) in [4.78, 5) is 15.8. The number of fused-ring (bicyclic) bond motifs is 1. The SMILES string of the molecule is CC(C)Oc1ccc(-c2nc(-c3cccc4c3CCC4N[C@@H](C)C(=O)O)no2)cc1C#N. The van der Waals surface area contributed by atoms with Crippen LogP contribution in [0, 0.1) is 11.3 Å². The molecule has 0 radical (unpaired) electrons. The Kier molecular flexibility index (Phi) is 5.93. The van der Waals surface area contributed by atoms with Gasteiger partial charge in [-0.25, -0.2) is 0 Å². The van der Waals surface area contributed by atoms with Crippen LogP contribution in [0.1, 0.15) is 49.9 Å². The molecule has 1 aromatic heterocycles. The number of hydrogen-bond donors (Lipinski definition) is 2. The Morgan fingerprint density at radius 2 is 2.12 bits per heavy atom. The molecular formula is C24H24N4O4. The zero-order valence-corrected chi connectivity index (χ0v) is 18.1. The van der Waals surface area contributed by atoms with Gasteiger partial charge in [0.05, 0.1) is 11.7 Å². The highest BCUT2D eigenvalue weighted by atomic mass is 16.5. The second-order valence-corrected chi connectivity index (χ2v) is 8.10. The van der Waals surface area contributed by atoms with Gasteiger partial charge in [0.25, 0.3) is 5.89 Å². The first-order chi connectivity index (χ1) is 15.4. The number of aromatic nitrogens is 2. The highest BCUT2D eigenvalue weighted by Gasteiger charge is 2.28. The van der Waals surface area contributed by atoms with Gasteiger partial charge in [-0.05, 0) is 62.9 Å². The van der Waals surface area contributed by atoms with Gasteiger partial charge in [0.15, 0.2) is 0 Å². The molecule has 8 heteroatoms. The molecule has 0 saturated heterocycles. The second kappa shape index (κ2) is 8.81. The first kappa shape index (κ1) is 21.5. The highest BCUT2D eigenvalue weighted by molar-refractivity contribution is 5.73. The lowest BCUT2D eigenvalue weighted by Gasteiger charge is -2.17. The van der Waals surface area contributed by atoms with Gasteiger partial charge in [0, 0.05) is 17.2 Å². The van der Waals surface area contributed by atoms with E-state index < -0.39 is 12.0 Å². The average Bonchev–Trinajstić information content (AvgIpc) is 3.41. The minimum absolute atomic E-state index is 0.0332. The van der Waals surface area contributed by atoms with Gasteiger partial charge in [0.1, 0.15) is 17.9 Å². The van der Waals surface area contributed by atoms with E-state index in [0.717, 1.165) is 29.5 Å². The summed E-state index contributed by atoms with van der Waals surface area (Å²) < 4.78 is 11.2. The van der Waals surface area contributed by atoms with Crippen LogP contribution in [0.15, 0.2) is 40.9 Å². The Morgan fingerprint density at radius 3 is 2.84 bits per heavy atom. The fourth-order valence-corrected chi connectivity index (χ4v) is 3.97. The van der Waals surface area contributed by atoms with E-state index in [4.69, 9.17) is 9.26 Å². The summed E-state index contributed by atoms with van der Waals surface area (Å²) in [5.41, 5.74) is 4.05. The van der Waals surface area contributed by atoms with Gasteiger partial charge in [-0.1, -0.05) is 23.4 Å². The third-order valence-electron chi connectivity index (χ3n) is 5.47. The lowest BCUT2D eigenvalue weighted by atomic mass is 10.0. The summed E-state index contributed by atoms with van der Waals surface area (Å²) in [6, 6.07) is 12.5. The molecular weight excluding hydrogens is 408 g/mol. The summed E-state index contributed by atoms with van der Waals surface area (Å²) in [7, 11) is 0. The third kappa shape index (κ3) is 4.20. The number of nitrogens with one attached hydrogen (secondary N) is 1. The number of benzene rings is 2. The standard InChI is InChI=1S/C24H24N4O4/c1-13(2)31-21-10-7-15(11-16(21)12-25)23-27-22(28-32-23)19-6-4-5-18-17(19)8-9-20(18)26-14(3)24(29)30/h4-7,10-11,13-14,20,26H,8-9H2,1-3H3,(H,29,30)/t14-,20?/m0/s1. The minimum atomic E-state index is -0.876.